The van der Waals surface area contributed by atoms with Crippen molar-refractivity contribution in [1.29, 1.82) is 0 Å². The number of carbonyl (C=O) groups is 2. The van der Waals surface area contributed by atoms with Gasteiger partial charge in [-0.1, -0.05) is 0 Å². The van der Waals surface area contributed by atoms with Crippen LogP contribution in [0.15, 0.2) is 35.2 Å². The Morgan fingerprint density at radius 1 is 1.00 bits per heavy atom. The fourth-order valence-electron chi connectivity index (χ4n) is 3.95. The number of hydrogen-bond donors (Lipinski definition) is 2. The van der Waals surface area contributed by atoms with E-state index in [-0.39, 0.29) is 0 Å². The Hall–Kier alpha value is -3.07. The average molecular weight is 514 g/mol. The molecule has 4 heterocycles. The van der Waals surface area contributed by atoms with Crippen molar-refractivity contribution >= 4 is 11.9 Å². The van der Waals surface area contributed by atoms with Crippen molar-refractivity contribution in [2.24, 2.45) is 7.05 Å². The van der Waals surface area contributed by atoms with Crippen LogP contribution in [-0.4, -0.2) is 79.3 Å². The number of aryl methyl sites for hydroxylation is 1. The van der Waals surface area contributed by atoms with E-state index < -0.39 is 24.3 Å². The van der Waals surface area contributed by atoms with Crippen LogP contribution in [-0.2, 0) is 29.7 Å². The third-order valence-corrected chi connectivity index (χ3v) is 5.37. The van der Waals surface area contributed by atoms with Crippen LogP contribution in [0.5, 0.6) is 0 Å². The van der Waals surface area contributed by atoms with Gasteiger partial charge in [0.1, 0.15) is 5.76 Å². The summed E-state index contributed by atoms with van der Waals surface area (Å²) in [4.78, 5) is 23.0. The second kappa shape index (κ2) is 11.6. The summed E-state index contributed by atoms with van der Waals surface area (Å²) in [7, 11) is 1.98. The molecule has 0 unspecified atom stereocenters. The van der Waals surface area contributed by atoms with E-state index >= 15 is 0 Å². The van der Waals surface area contributed by atoms with Crippen molar-refractivity contribution in [3.8, 4) is 0 Å². The maximum absolute atomic E-state index is 10.6. The number of hydrogen-bond acceptors (Lipinski definition) is 6. The van der Waals surface area contributed by atoms with Gasteiger partial charge in [-0.25, -0.2) is 9.59 Å². The van der Waals surface area contributed by atoms with E-state index in [1.807, 2.05) is 24.0 Å². The normalized spacial score (nSPS) is 20.4. The summed E-state index contributed by atoms with van der Waals surface area (Å²) in [5.41, 5.74) is 1.32. The molecule has 196 valence electrons. The molecule has 2 aliphatic heterocycles. The fourth-order valence-corrected chi connectivity index (χ4v) is 3.95. The van der Waals surface area contributed by atoms with Crippen LogP contribution in [0.3, 0.4) is 0 Å². The van der Waals surface area contributed by atoms with Crippen LogP contribution in [0.1, 0.15) is 24.2 Å². The summed E-state index contributed by atoms with van der Waals surface area (Å²) in [5.74, 6) is -4.43. The number of alkyl halides is 6. The minimum Gasteiger partial charge on any atom is -0.475 e. The molecule has 2 aromatic heterocycles. The first kappa shape index (κ1) is 28.2. The Morgan fingerprint density at radius 2 is 1.49 bits per heavy atom. The molecule has 2 aromatic rings. The molecule has 15 heteroatoms. The van der Waals surface area contributed by atoms with Gasteiger partial charge in [0.2, 0.25) is 0 Å². The Labute approximate surface area is 195 Å². The van der Waals surface area contributed by atoms with Gasteiger partial charge < -0.3 is 14.6 Å². The van der Waals surface area contributed by atoms with E-state index in [0.717, 1.165) is 18.8 Å². The molecule has 2 fully saturated rings. The molecule has 2 N–H and O–H groups in total. The van der Waals surface area contributed by atoms with E-state index in [1.165, 1.54) is 31.5 Å². The standard InChI is InChI=1S/C16H22N4O.2C2HF3O2/c1-18-10-13(9-17-18)11-19-6-4-16-15(19)5-7-20(16)12-14-3-2-8-21-14;2*3-2(4,5)1(6)7/h2-3,8-10,15-16H,4-7,11-12H2,1H3;2*(H,6,7)/t15-,16+;;/m0../s1. The maximum Gasteiger partial charge on any atom is 0.490 e. The lowest BCUT2D eigenvalue weighted by Crippen LogP contribution is -2.35. The van der Waals surface area contributed by atoms with Crippen molar-refractivity contribution < 1.29 is 50.6 Å². The third kappa shape index (κ3) is 8.58. The molecule has 9 nitrogen and oxygen atoms in total. The quantitative estimate of drug-likeness (QED) is 0.599. The van der Waals surface area contributed by atoms with Crippen molar-refractivity contribution in [1.82, 2.24) is 19.6 Å². The van der Waals surface area contributed by atoms with Gasteiger partial charge in [-0.2, -0.15) is 31.4 Å². The summed E-state index contributed by atoms with van der Waals surface area (Å²) in [6.07, 6.45) is -1.74. The van der Waals surface area contributed by atoms with Crippen molar-refractivity contribution in [2.75, 3.05) is 13.1 Å². The molecule has 0 radical (unpaired) electrons. The lowest BCUT2D eigenvalue weighted by atomic mass is 10.1. The third-order valence-electron chi connectivity index (χ3n) is 5.37. The van der Waals surface area contributed by atoms with Crippen LogP contribution < -0.4 is 0 Å². The van der Waals surface area contributed by atoms with Crippen molar-refractivity contribution in [3.05, 3.63) is 42.1 Å². The minimum atomic E-state index is -5.08. The second-order valence-electron chi connectivity index (χ2n) is 7.86. The molecule has 0 aromatic carbocycles. The van der Waals surface area contributed by atoms with Gasteiger partial charge in [-0.05, 0) is 25.0 Å². The van der Waals surface area contributed by atoms with Crippen LogP contribution in [0.4, 0.5) is 26.3 Å². The van der Waals surface area contributed by atoms with Gasteiger partial charge in [0, 0.05) is 50.5 Å². The molecule has 0 saturated carbocycles. The van der Waals surface area contributed by atoms with Crippen LogP contribution >= 0.6 is 0 Å². The number of halogens is 6. The lowest BCUT2D eigenvalue weighted by Gasteiger charge is -2.24. The second-order valence-corrected chi connectivity index (χ2v) is 7.86. The predicted octanol–water partition coefficient (Wildman–Crippen LogP) is 3.13. The molecule has 0 bridgehead atoms. The summed E-state index contributed by atoms with van der Waals surface area (Å²) in [5, 5.41) is 18.5. The summed E-state index contributed by atoms with van der Waals surface area (Å²) >= 11 is 0. The first-order valence-electron chi connectivity index (χ1n) is 10.3. The van der Waals surface area contributed by atoms with Crippen molar-refractivity contribution in [3.63, 3.8) is 0 Å². The van der Waals surface area contributed by atoms with Gasteiger partial charge in [0.05, 0.1) is 19.0 Å². The van der Waals surface area contributed by atoms with Gasteiger partial charge in [0.25, 0.3) is 0 Å². The number of aromatic nitrogens is 2. The molecule has 35 heavy (non-hydrogen) atoms. The minimum absolute atomic E-state index is 0.687. The number of nitrogens with zero attached hydrogens (tertiary/aromatic N) is 4. The highest BCUT2D eigenvalue weighted by Gasteiger charge is 2.42. The topological polar surface area (TPSA) is 112 Å². The Morgan fingerprint density at radius 3 is 1.86 bits per heavy atom. The van der Waals surface area contributed by atoms with E-state index in [0.29, 0.717) is 12.1 Å². The predicted molar refractivity (Wildman–Crippen MR) is 107 cm³/mol. The number of furan rings is 1. The lowest BCUT2D eigenvalue weighted by molar-refractivity contribution is -0.193. The molecule has 2 aliphatic rings. The van der Waals surface area contributed by atoms with Gasteiger partial charge in [-0.15, -0.1) is 0 Å². The largest absolute Gasteiger partial charge is 0.490 e. The number of fused-ring (bicyclic) bond motifs is 1. The van der Waals surface area contributed by atoms with Crippen molar-refractivity contribution in [2.45, 2.75) is 50.4 Å². The van der Waals surface area contributed by atoms with Gasteiger partial charge >= 0.3 is 24.3 Å². The summed E-state index contributed by atoms with van der Waals surface area (Å²) in [6, 6.07) is 5.44. The van der Waals surface area contributed by atoms with E-state index in [4.69, 9.17) is 24.2 Å². The van der Waals surface area contributed by atoms with Gasteiger partial charge in [-0.3, -0.25) is 14.5 Å². The first-order chi connectivity index (χ1) is 16.2. The number of carboxylic acids is 2. The molecule has 2 atom stereocenters. The Balaban J connectivity index is 0.000000257. The smallest absolute Gasteiger partial charge is 0.475 e. The molecule has 2 saturated heterocycles. The van der Waals surface area contributed by atoms with Crippen LogP contribution in [0.25, 0.3) is 0 Å². The zero-order chi connectivity index (χ0) is 26.4. The van der Waals surface area contributed by atoms with Crippen LogP contribution in [0.2, 0.25) is 0 Å². The highest BCUT2D eigenvalue weighted by molar-refractivity contribution is 5.73. The molecular weight excluding hydrogens is 490 g/mol. The molecular formula is C20H24F6N4O5. The Bertz CT molecular complexity index is 936. The molecule has 0 amide bonds. The SMILES string of the molecule is Cn1cc(CN2CC[C@@H]3[C@@H]2CCN3Cc2ccco2)cn1.O=C(O)C(F)(F)F.O=C(O)C(F)(F)F. The number of likely N-dealkylation sites (tertiary alicyclic amines) is 2. The molecule has 0 aliphatic carbocycles. The monoisotopic (exact) mass is 514 g/mol. The zero-order valence-electron chi connectivity index (χ0n) is 18.5. The average Bonchev–Trinajstić information content (AvgIpc) is 3.51. The maximum atomic E-state index is 10.6. The van der Waals surface area contributed by atoms with Crippen LogP contribution in [0, 0.1) is 0 Å². The summed E-state index contributed by atoms with van der Waals surface area (Å²) in [6.45, 7) is 4.36. The van der Waals surface area contributed by atoms with E-state index in [2.05, 4.69) is 27.2 Å². The fraction of sp³-hybridized carbons (Fsp3) is 0.550. The molecule has 4 rings (SSSR count). The van der Waals surface area contributed by atoms with Gasteiger partial charge in [0.15, 0.2) is 0 Å². The molecule has 0 spiro atoms. The van der Waals surface area contributed by atoms with E-state index in [1.54, 1.807) is 6.26 Å². The highest BCUT2D eigenvalue weighted by Crippen LogP contribution is 2.33. The number of carboxylic acid groups (broad SMARTS) is 2. The zero-order valence-corrected chi connectivity index (χ0v) is 18.5. The number of aliphatic carboxylic acids is 2. The Kier molecular flexibility index (Phi) is 9.31. The first-order valence-corrected chi connectivity index (χ1v) is 10.3. The number of rotatable bonds is 4. The summed E-state index contributed by atoms with van der Waals surface area (Å²) < 4.78 is 70.9. The highest BCUT2D eigenvalue weighted by atomic mass is 19.4. The van der Waals surface area contributed by atoms with E-state index in [9.17, 15) is 26.3 Å².